The molecule has 0 aliphatic rings. The minimum Gasteiger partial charge on any atom is -0.480 e. The standard InChI is InChI=1S/C16H24N2O3/c1-4-13(5-2)18(3)16(21)17-14(15(19)20)11-12-9-7-6-8-10-12/h6-10,13-14H,4-5,11H2,1-3H3,(H,17,21)(H,19,20)/t14-/m1/s1. The molecule has 0 aromatic heterocycles. The van der Waals surface area contributed by atoms with Gasteiger partial charge in [-0.3, -0.25) is 0 Å². The molecule has 1 atom stereocenters. The molecule has 0 bridgehead atoms. The Labute approximate surface area is 126 Å². The summed E-state index contributed by atoms with van der Waals surface area (Å²) in [4.78, 5) is 25.1. The third-order valence-corrected chi connectivity index (χ3v) is 3.69. The van der Waals surface area contributed by atoms with Crippen LogP contribution in [0.3, 0.4) is 0 Å². The molecule has 2 amide bonds. The first-order valence-electron chi connectivity index (χ1n) is 7.29. The van der Waals surface area contributed by atoms with Gasteiger partial charge in [-0.25, -0.2) is 9.59 Å². The Bertz CT molecular complexity index is 458. The number of nitrogens with zero attached hydrogens (tertiary/aromatic N) is 1. The zero-order chi connectivity index (χ0) is 15.8. The Morgan fingerprint density at radius 1 is 1.19 bits per heavy atom. The molecule has 1 aromatic carbocycles. The second kappa shape index (κ2) is 8.29. The predicted octanol–water partition coefficient (Wildman–Crippen LogP) is 2.51. The number of nitrogens with one attached hydrogen (secondary N) is 1. The van der Waals surface area contributed by atoms with Crippen LogP contribution in [-0.4, -0.2) is 41.1 Å². The molecule has 5 heteroatoms. The van der Waals surface area contributed by atoms with E-state index in [2.05, 4.69) is 5.32 Å². The van der Waals surface area contributed by atoms with Crippen molar-refractivity contribution in [3.63, 3.8) is 0 Å². The topological polar surface area (TPSA) is 69.6 Å². The Morgan fingerprint density at radius 2 is 1.76 bits per heavy atom. The second-order valence-electron chi connectivity index (χ2n) is 5.11. The average molecular weight is 292 g/mol. The number of hydrogen-bond acceptors (Lipinski definition) is 2. The van der Waals surface area contributed by atoms with E-state index in [1.54, 1.807) is 11.9 Å². The van der Waals surface area contributed by atoms with Gasteiger partial charge in [-0.05, 0) is 18.4 Å². The summed E-state index contributed by atoms with van der Waals surface area (Å²) in [5, 5.41) is 11.9. The summed E-state index contributed by atoms with van der Waals surface area (Å²) < 4.78 is 0. The summed E-state index contributed by atoms with van der Waals surface area (Å²) in [6.07, 6.45) is 1.96. The first-order valence-corrected chi connectivity index (χ1v) is 7.29. The van der Waals surface area contributed by atoms with Gasteiger partial charge in [-0.1, -0.05) is 44.2 Å². The summed E-state index contributed by atoms with van der Waals surface area (Å²) in [7, 11) is 1.70. The summed E-state index contributed by atoms with van der Waals surface area (Å²) in [5.74, 6) is -1.02. The Morgan fingerprint density at radius 3 is 2.24 bits per heavy atom. The van der Waals surface area contributed by atoms with Crippen LogP contribution in [0.15, 0.2) is 30.3 Å². The van der Waals surface area contributed by atoms with Crippen molar-refractivity contribution in [2.45, 2.75) is 45.2 Å². The lowest BCUT2D eigenvalue weighted by atomic mass is 10.1. The molecule has 0 saturated heterocycles. The molecule has 0 aliphatic carbocycles. The van der Waals surface area contributed by atoms with E-state index in [0.717, 1.165) is 18.4 Å². The number of rotatable bonds is 7. The van der Waals surface area contributed by atoms with Crippen LogP contribution in [0.2, 0.25) is 0 Å². The van der Waals surface area contributed by atoms with E-state index in [9.17, 15) is 14.7 Å². The molecule has 0 heterocycles. The number of carbonyl (C=O) groups is 2. The lowest BCUT2D eigenvalue weighted by Gasteiger charge is -2.28. The Balaban J connectivity index is 2.70. The largest absolute Gasteiger partial charge is 0.480 e. The minimum absolute atomic E-state index is 0.121. The van der Waals surface area contributed by atoms with Gasteiger partial charge in [0.2, 0.25) is 0 Å². The van der Waals surface area contributed by atoms with Crippen molar-refractivity contribution in [3.8, 4) is 0 Å². The average Bonchev–Trinajstić information content (AvgIpc) is 2.48. The van der Waals surface area contributed by atoms with E-state index in [1.807, 2.05) is 44.2 Å². The van der Waals surface area contributed by atoms with Gasteiger partial charge in [-0.15, -0.1) is 0 Å². The molecule has 1 aromatic rings. The molecule has 1 rings (SSSR count). The molecule has 0 saturated carbocycles. The van der Waals surface area contributed by atoms with E-state index >= 15 is 0 Å². The molecule has 0 spiro atoms. The van der Waals surface area contributed by atoms with Crippen molar-refractivity contribution >= 4 is 12.0 Å². The molecule has 5 nitrogen and oxygen atoms in total. The maximum absolute atomic E-state index is 12.2. The van der Waals surface area contributed by atoms with E-state index in [0.29, 0.717) is 0 Å². The fourth-order valence-corrected chi connectivity index (χ4v) is 2.30. The molecule has 2 N–H and O–H groups in total. The first-order chi connectivity index (χ1) is 9.99. The minimum atomic E-state index is -1.02. The Hall–Kier alpha value is -2.04. The van der Waals surface area contributed by atoms with Crippen molar-refractivity contribution in [2.75, 3.05) is 7.05 Å². The van der Waals surface area contributed by atoms with Crippen LogP contribution in [0.25, 0.3) is 0 Å². The fraction of sp³-hybridized carbons (Fsp3) is 0.500. The highest BCUT2D eigenvalue weighted by atomic mass is 16.4. The van der Waals surface area contributed by atoms with Gasteiger partial charge in [-0.2, -0.15) is 0 Å². The van der Waals surface area contributed by atoms with Crippen LogP contribution < -0.4 is 5.32 Å². The van der Waals surface area contributed by atoms with Crippen LogP contribution in [0.5, 0.6) is 0 Å². The summed E-state index contributed by atoms with van der Waals surface area (Å²) in [5.41, 5.74) is 0.885. The normalized spacial score (nSPS) is 12.0. The second-order valence-corrected chi connectivity index (χ2v) is 5.11. The zero-order valence-electron chi connectivity index (χ0n) is 12.9. The number of carboxylic acid groups (broad SMARTS) is 1. The van der Waals surface area contributed by atoms with E-state index < -0.39 is 12.0 Å². The van der Waals surface area contributed by atoms with Crippen LogP contribution in [0.1, 0.15) is 32.3 Å². The van der Waals surface area contributed by atoms with E-state index in [1.165, 1.54) is 0 Å². The van der Waals surface area contributed by atoms with Gasteiger partial charge in [0.1, 0.15) is 6.04 Å². The highest BCUT2D eigenvalue weighted by Gasteiger charge is 2.24. The molecule has 21 heavy (non-hydrogen) atoms. The monoisotopic (exact) mass is 292 g/mol. The number of amides is 2. The van der Waals surface area contributed by atoms with Crippen LogP contribution in [-0.2, 0) is 11.2 Å². The van der Waals surface area contributed by atoms with Gasteiger partial charge in [0, 0.05) is 19.5 Å². The highest BCUT2D eigenvalue weighted by molar-refractivity contribution is 5.82. The number of hydrogen-bond donors (Lipinski definition) is 2. The third kappa shape index (κ3) is 5.10. The van der Waals surface area contributed by atoms with Crippen molar-refractivity contribution < 1.29 is 14.7 Å². The molecule has 116 valence electrons. The maximum Gasteiger partial charge on any atom is 0.326 e. The van der Waals surface area contributed by atoms with Gasteiger partial charge >= 0.3 is 12.0 Å². The Kier molecular flexibility index (Phi) is 6.72. The van der Waals surface area contributed by atoms with E-state index in [4.69, 9.17) is 0 Å². The molecule has 0 fully saturated rings. The smallest absolute Gasteiger partial charge is 0.326 e. The SMILES string of the molecule is CCC(CC)N(C)C(=O)N[C@H](Cc1ccccc1)C(=O)O. The van der Waals surface area contributed by atoms with Crippen LogP contribution in [0.4, 0.5) is 4.79 Å². The van der Waals surface area contributed by atoms with Crippen LogP contribution in [0, 0.1) is 0 Å². The van der Waals surface area contributed by atoms with Crippen LogP contribution >= 0.6 is 0 Å². The number of urea groups is 1. The lowest BCUT2D eigenvalue weighted by molar-refractivity contribution is -0.139. The zero-order valence-corrected chi connectivity index (χ0v) is 12.9. The summed E-state index contributed by atoms with van der Waals surface area (Å²) >= 11 is 0. The van der Waals surface area contributed by atoms with Crippen molar-refractivity contribution in [1.82, 2.24) is 10.2 Å². The quantitative estimate of drug-likeness (QED) is 0.811. The number of benzene rings is 1. The molecular formula is C16H24N2O3. The third-order valence-electron chi connectivity index (χ3n) is 3.69. The van der Waals surface area contributed by atoms with Gasteiger partial charge in [0.15, 0.2) is 0 Å². The molecule has 0 radical (unpaired) electrons. The summed E-state index contributed by atoms with van der Waals surface area (Å²) in [6.45, 7) is 4.02. The number of carboxylic acids is 1. The first kappa shape index (κ1) is 17.0. The van der Waals surface area contributed by atoms with Crippen molar-refractivity contribution in [2.24, 2.45) is 0 Å². The number of carbonyl (C=O) groups excluding carboxylic acids is 1. The van der Waals surface area contributed by atoms with Crippen molar-refractivity contribution in [1.29, 1.82) is 0 Å². The predicted molar refractivity (Wildman–Crippen MR) is 82.2 cm³/mol. The van der Waals surface area contributed by atoms with E-state index in [-0.39, 0.29) is 18.5 Å². The number of aliphatic carboxylic acids is 1. The lowest BCUT2D eigenvalue weighted by Crippen LogP contribution is -2.50. The van der Waals surface area contributed by atoms with Crippen molar-refractivity contribution in [3.05, 3.63) is 35.9 Å². The molecule has 0 aliphatic heterocycles. The molecule has 0 unspecified atom stereocenters. The highest BCUT2D eigenvalue weighted by Crippen LogP contribution is 2.08. The van der Waals surface area contributed by atoms with Gasteiger partial charge in [0.05, 0.1) is 0 Å². The van der Waals surface area contributed by atoms with Gasteiger partial charge in [0.25, 0.3) is 0 Å². The molecular weight excluding hydrogens is 268 g/mol. The van der Waals surface area contributed by atoms with Gasteiger partial charge < -0.3 is 15.3 Å². The fourth-order valence-electron chi connectivity index (χ4n) is 2.30. The summed E-state index contributed by atoms with van der Waals surface area (Å²) in [6, 6.07) is 8.15. The maximum atomic E-state index is 12.2.